The van der Waals surface area contributed by atoms with Gasteiger partial charge in [-0.1, -0.05) is 12.1 Å². The number of pyridine rings is 2. The Morgan fingerprint density at radius 1 is 1.08 bits per heavy atom. The van der Waals surface area contributed by atoms with E-state index in [-0.39, 0.29) is 12.1 Å². The van der Waals surface area contributed by atoms with Crippen LogP contribution in [0.3, 0.4) is 0 Å². The number of ether oxygens (including phenoxy) is 1. The number of thiocarbonyl (C=S) groups is 1. The Labute approximate surface area is 221 Å². The molecule has 4 aromatic rings. The summed E-state index contributed by atoms with van der Waals surface area (Å²) in [4.78, 5) is 11.2. The van der Waals surface area contributed by atoms with E-state index in [1.165, 1.54) is 7.11 Å². The molecule has 0 unspecified atom stereocenters. The molecule has 0 bridgehead atoms. The second kappa shape index (κ2) is 9.83. The van der Waals surface area contributed by atoms with Crippen molar-refractivity contribution in [2.75, 3.05) is 23.0 Å². The molecule has 0 aliphatic carbocycles. The maximum Gasteiger partial charge on any atom is 0.229 e. The average molecular weight is 535 g/mol. The van der Waals surface area contributed by atoms with Gasteiger partial charge in [0, 0.05) is 30.0 Å². The van der Waals surface area contributed by atoms with E-state index in [1.54, 1.807) is 18.3 Å². The summed E-state index contributed by atoms with van der Waals surface area (Å²) in [6.45, 7) is 2.00. The number of anilines is 2. The molecule has 4 heterocycles. The van der Waals surface area contributed by atoms with Gasteiger partial charge >= 0.3 is 0 Å². The van der Waals surface area contributed by atoms with Crippen LogP contribution in [0.5, 0.6) is 5.75 Å². The fraction of sp³-hybridized carbons (Fsp3) is 0.192. The molecule has 11 heteroatoms. The van der Waals surface area contributed by atoms with E-state index in [0.29, 0.717) is 22.2 Å². The van der Waals surface area contributed by atoms with Crippen molar-refractivity contribution in [1.29, 1.82) is 0 Å². The van der Waals surface area contributed by atoms with E-state index in [9.17, 15) is 8.42 Å². The van der Waals surface area contributed by atoms with Crippen LogP contribution in [0.25, 0.3) is 5.82 Å². The van der Waals surface area contributed by atoms with Crippen LogP contribution in [0.2, 0.25) is 0 Å². The van der Waals surface area contributed by atoms with Crippen LogP contribution >= 0.6 is 12.2 Å². The first-order valence-corrected chi connectivity index (χ1v) is 13.8. The van der Waals surface area contributed by atoms with Gasteiger partial charge in [-0.25, -0.2) is 13.4 Å². The molecule has 0 spiro atoms. The van der Waals surface area contributed by atoms with Crippen molar-refractivity contribution in [2.45, 2.75) is 19.0 Å². The second-order valence-electron chi connectivity index (χ2n) is 8.75. The quantitative estimate of drug-likeness (QED) is 0.341. The van der Waals surface area contributed by atoms with Gasteiger partial charge in [0.1, 0.15) is 17.6 Å². The highest BCUT2D eigenvalue weighted by Crippen LogP contribution is 2.43. The van der Waals surface area contributed by atoms with E-state index < -0.39 is 10.0 Å². The molecule has 0 amide bonds. The fourth-order valence-electron chi connectivity index (χ4n) is 4.51. The van der Waals surface area contributed by atoms with Gasteiger partial charge in [-0.15, -0.1) is 0 Å². The molecule has 37 heavy (non-hydrogen) atoms. The van der Waals surface area contributed by atoms with Gasteiger partial charge in [-0.2, -0.15) is 0 Å². The van der Waals surface area contributed by atoms with Crippen LogP contribution in [0.15, 0.2) is 79.3 Å². The Hall–Kier alpha value is -3.96. The molecule has 9 nitrogen and oxygen atoms in total. The number of hydrogen-bond acceptors (Lipinski definition) is 6. The Morgan fingerprint density at radius 2 is 1.92 bits per heavy atom. The maximum atomic E-state index is 12.0. The number of aryl methyl sites for hydroxylation is 1. The first-order valence-electron chi connectivity index (χ1n) is 11.5. The number of nitrogens with one attached hydrogen (secondary N) is 2. The summed E-state index contributed by atoms with van der Waals surface area (Å²) in [5, 5.41) is 3.92. The average Bonchev–Trinajstić information content (AvgIpc) is 3.48. The first kappa shape index (κ1) is 24.7. The van der Waals surface area contributed by atoms with E-state index in [0.717, 1.165) is 29.0 Å². The van der Waals surface area contributed by atoms with Crippen molar-refractivity contribution in [1.82, 2.24) is 19.9 Å². The Morgan fingerprint density at radius 3 is 2.59 bits per heavy atom. The lowest BCUT2D eigenvalue weighted by Gasteiger charge is -2.29. The Bertz CT molecular complexity index is 1540. The predicted octanol–water partition coefficient (Wildman–Crippen LogP) is 4.13. The smallest absolute Gasteiger partial charge is 0.229 e. The number of hydrogen-bond donors (Lipinski definition) is 2. The number of methoxy groups -OCH3 is 1. The number of aromatic nitrogens is 3. The van der Waals surface area contributed by atoms with E-state index >= 15 is 0 Å². The third-order valence-electron chi connectivity index (χ3n) is 6.08. The lowest BCUT2D eigenvalue weighted by Crippen LogP contribution is -2.30. The SMILES string of the molecule is COc1ccc(N2C(=S)N[C@@H](c3ccccn3)[C@H]2c2cccn2-c2ccc(C)cn2)cc1NS(C)(=O)=O. The van der Waals surface area contributed by atoms with Crippen LogP contribution < -0.4 is 19.7 Å². The highest BCUT2D eigenvalue weighted by molar-refractivity contribution is 7.92. The molecule has 0 radical (unpaired) electrons. The van der Waals surface area contributed by atoms with E-state index in [2.05, 4.69) is 20.0 Å². The molecular formula is C26H26N6O3S2. The lowest BCUT2D eigenvalue weighted by molar-refractivity contribution is 0.417. The molecular weight excluding hydrogens is 508 g/mol. The molecule has 1 aromatic carbocycles. The first-order chi connectivity index (χ1) is 17.7. The zero-order chi connectivity index (χ0) is 26.2. The fourth-order valence-corrected chi connectivity index (χ4v) is 5.41. The second-order valence-corrected chi connectivity index (χ2v) is 10.9. The number of sulfonamides is 1. The summed E-state index contributed by atoms with van der Waals surface area (Å²) >= 11 is 5.83. The molecule has 1 saturated heterocycles. The molecule has 1 aliphatic heterocycles. The molecule has 1 aliphatic rings. The van der Waals surface area contributed by atoms with Crippen molar-refractivity contribution in [3.05, 3.63) is 96.2 Å². The summed E-state index contributed by atoms with van der Waals surface area (Å²) in [6, 6.07) is 18.5. The van der Waals surface area contributed by atoms with Crippen molar-refractivity contribution in [3.63, 3.8) is 0 Å². The predicted molar refractivity (Wildman–Crippen MR) is 148 cm³/mol. The van der Waals surface area contributed by atoms with Crippen LogP contribution in [0.4, 0.5) is 11.4 Å². The summed E-state index contributed by atoms with van der Waals surface area (Å²) in [6.07, 6.45) is 6.65. The Balaban J connectivity index is 1.66. The Kier molecular flexibility index (Phi) is 6.57. The lowest BCUT2D eigenvalue weighted by atomic mass is 10.0. The maximum absolute atomic E-state index is 12.0. The minimum atomic E-state index is -3.54. The van der Waals surface area contributed by atoms with Gasteiger partial charge in [0.15, 0.2) is 5.11 Å². The molecule has 3 aromatic heterocycles. The molecule has 2 atom stereocenters. The van der Waals surface area contributed by atoms with Gasteiger partial charge in [0.2, 0.25) is 10.0 Å². The highest BCUT2D eigenvalue weighted by Gasteiger charge is 2.42. The standard InChI is InChI=1S/C26H26N6O3S2/c1-17-9-12-23(28-16-17)31-14-6-8-21(31)25-24(19-7-4-5-13-27-19)29-26(36)32(25)18-10-11-22(35-2)20(15-18)30-37(3,33)34/h4-16,24-25,30H,1-3H3,(H,29,36)/t24-,25+/m0/s1. The third kappa shape index (κ3) is 5.00. The van der Waals surface area contributed by atoms with Gasteiger partial charge < -0.3 is 19.5 Å². The van der Waals surface area contributed by atoms with E-state index in [4.69, 9.17) is 17.0 Å². The number of benzene rings is 1. The summed E-state index contributed by atoms with van der Waals surface area (Å²) < 4.78 is 34.1. The number of nitrogens with zero attached hydrogens (tertiary/aromatic N) is 4. The zero-order valence-corrected chi connectivity index (χ0v) is 22.1. The minimum absolute atomic E-state index is 0.277. The monoisotopic (exact) mass is 534 g/mol. The van der Waals surface area contributed by atoms with Crippen LogP contribution in [0.1, 0.15) is 29.0 Å². The molecule has 5 rings (SSSR count). The van der Waals surface area contributed by atoms with E-state index in [1.807, 2.05) is 77.3 Å². The summed E-state index contributed by atoms with van der Waals surface area (Å²) in [5.41, 5.74) is 3.84. The zero-order valence-electron chi connectivity index (χ0n) is 20.5. The van der Waals surface area contributed by atoms with Crippen molar-refractivity contribution >= 4 is 38.7 Å². The molecule has 0 saturated carbocycles. The largest absolute Gasteiger partial charge is 0.495 e. The summed E-state index contributed by atoms with van der Waals surface area (Å²) in [7, 11) is -2.05. The van der Waals surface area contributed by atoms with Gasteiger partial charge in [0.25, 0.3) is 0 Å². The van der Waals surface area contributed by atoms with Crippen LogP contribution in [-0.2, 0) is 10.0 Å². The topological polar surface area (TPSA) is 101 Å². The van der Waals surface area contributed by atoms with Crippen molar-refractivity contribution in [2.24, 2.45) is 0 Å². The minimum Gasteiger partial charge on any atom is -0.495 e. The van der Waals surface area contributed by atoms with Gasteiger partial charge in [-0.3, -0.25) is 9.71 Å². The molecule has 1 fully saturated rings. The third-order valence-corrected chi connectivity index (χ3v) is 6.99. The summed E-state index contributed by atoms with van der Waals surface area (Å²) in [5.74, 6) is 1.18. The molecule has 190 valence electrons. The van der Waals surface area contributed by atoms with Crippen LogP contribution in [0, 0.1) is 6.92 Å². The number of rotatable bonds is 7. The van der Waals surface area contributed by atoms with Gasteiger partial charge in [-0.05, 0) is 73.2 Å². The molecule has 2 N–H and O–H groups in total. The highest BCUT2D eigenvalue weighted by atomic mass is 32.2. The van der Waals surface area contributed by atoms with Crippen LogP contribution in [-0.4, -0.2) is 41.4 Å². The normalized spacial score (nSPS) is 17.5. The van der Waals surface area contributed by atoms with Crippen molar-refractivity contribution < 1.29 is 13.2 Å². The van der Waals surface area contributed by atoms with Crippen molar-refractivity contribution in [3.8, 4) is 11.6 Å². The van der Waals surface area contributed by atoms with Gasteiger partial charge in [0.05, 0.1) is 30.8 Å².